The van der Waals surface area contributed by atoms with Crippen LogP contribution in [0.2, 0.25) is 0 Å². The second-order valence-corrected chi connectivity index (χ2v) is 8.13. The molecule has 168 valence electrons. The first-order valence-electron chi connectivity index (χ1n) is 11.4. The Balaban J connectivity index is 1.10. The Morgan fingerprint density at radius 3 is 2.56 bits per heavy atom. The Morgan fingerprint density at radius 1 is 0.794 bits per heavy atom. The summed E-state index contributed by atoms with van der Waals surface area (Å²) >= 11 is 0. The van der Waals surface area contributed by atoms with E-state index in [4.69, 9.17) is 4.74 Å². The van der Waals surface area contributed by atoms with Gasteiger partial charge in [0.15, 0.2) is 5.82 Å². The number of hydrogen-bond acceptors (Lipinski definition) is 5. The minimum Gasteiger partial charge on any atom is -0.487 e. The van der Waals surface area contributed by atoms with Gasteiger partial charge in [0.05, 0.1) is 11.2 Å². The van der Waals surface area contributed by atoms with E-state index >= 15 is 0 Å². The second kappa shape index (κ2) is 10.5. The van der Waals surface area contributed by atoms with Crippen LogP contribution in [0.4, 0.5) is 0 Å². The largest absolute Gasteiger partial charge is 0.487 e. The summed E-state index contributed by atoms with van der Waals surface area (Å²) in [6.07, 6.45) is 6.98. The van der Waals surface area contributed by atoms with E-state index in [1.54, 1.807) is 0 Å². The van der Waals surface area contributed by atoms with Crippen molar-refractivity contribution in [2.45, 2.75) is 25.9 Å². The number of ether oxygens (including phenoxy) is 1. The van der Waals surface area contributed by atoms with Gasteiger partial charge in [0.1, 0.15) is 12.4 Å². The minimum absolute atomic E-state index is 0.460. The van der Waals surface area contributed by atoms with Gasteiger partial charge in [-0.05, 0) is 71.5 Å². The molecule has 0 atom stereocenters. The lowest BCUT2D eigenvalue weighted by Crippen LogP contribution is -1.98. The van der Waals surface area contributed by atoms with Crippen molar-refractivity contribution < 1.29 is 4.74 Å². The van der Waals surface area contributed by atoms with Crippen molar-refractivity contribution in [3.63, 3.8) is 0 Å². The van der Waals surface area contributed by atoms with Crippen molar-refractivity contribution in [2.24, 2.45) is 0 Å². The van der Waals surface area contributed by atoms with Gasteiger partial charge in [-0.2, -0.15) is 5.21 Å². The van der Waals surface area contributed by atoms with Gasteiger partial charge >= 0.3 is 0 Å². The van der Waals surface area contributed by atoms with Crippen LogP contribution in [0.25, 0.3) is 23.1 Å². The molecular weight excluding hydrogens is 422 g/mol. The quantitative estimate of drug-likeness (QED) is 0.315. The molecule has 0 unspecified atom stereocenters. The number of hydrogen-bond donors (Lipinski definition) is 1. The van der Waals surface area contributed by atoms with E-state index in [-0.39, 0.29) is 0 Å². The van der Waals surface area contributed by atoms with E-state index in [2.05, 4.69) is 74.1 Å². The number of para-hydroxylation sites is 1. The molecule has 0 fully saturated rings. The number of aryl methyl sites for hydroxylation is 2. The molecule has 3 aromatic carbocycles. The topological polar surface area (TPSA) is 76.6 Å². The first kappa shape index (κ1) is 21.5. The highest BCUT2D eigenvalue weighted by Crippen LogP contribution is 2.18. The summed E-state index contributed by atoms with van der Waals surface area (Å²) in [6.45, 7) is 0.460. The zero-order chi connectivity index (χ0) is 23.0. The molecule has 34 heavy (non-hydrogen) atoms. The highest BCUT2D eigenvalue weighted by molar-refractivity contribution is 5.78. The maximum absolute atomic E-state index is 5.95. The average molecular weight is 448 g/mol. The standard InChI is InChI=1S/C28H25N5O/c1-2-10-27-24(9-1)14-15-25(29-27)20-34-26-16-11-21(12-17-26)5-3-6-22-7-4-8-23(19-22)13-18-28-30-32-33-31-28/h1-2,4,7-19H,3,5-6,20H2,(H,30,31,32,33)/b18-13+. The highest BCUT2D eigenvalue weighted by atomic mass is 16.5. The van der Waals surface area contributed by atoms with E-state index < -0.39 is 0 Å². The summed E-state index contributed by atoms with van der Waals surface area (Å²) in [7, 11) is 0. The van der Waals surface area contributed by atoms with Crippen molar-refractivity contribution in [3.8, 4) is 5.75 Å². The van der Waals surface area contributed by atoms with Crippen molar-refractivity contribution in [1.82, 2.24) is 25.6 Å². The molecule has 0 radical (unpaired) electrons. The number of H-pyrrole nitrogens is 1. The van der Waals surface area contributed by atoms with Gasteiger partial charge in [-0.3, -0.25) is 0 Å². The summed E-state index contributed by atoms with van der Waals surface area (Å²) in [6, 6.07) is 29.1. The van der Waals surface area contributed by atoms with Gasteiger partial charge in [0.2, 0.25) is 0 Å². The monoisotopic (exact) mass is 447 g/mol. The van der Waals surface area contributed by atoms with E-state index in [1.165, 1.54) is 11.1 Å². The van der Waals surface area contributed by atoms with E-state index in [9.17, 15) is 0 Å². The van der Waals surface area contributed by atoms with Crippen LogP contribution in [-0.4, -0.2) is 25.6 Å². The molecule has 5 rings (SSSR count). The molecule has 0 aliphatic heterocycles. The minimum atomic E-state index is 0.460. The third-order valence-corrected chi connectivity index (χ3v) is 5.63. The summed E-state index contributed by atoms with van der Waals surface area (Å²) in [5, 5.41) is 15.0. The number of nitrogens with one attached hydrogen (secondary N) is 1. The van der Waals surface area contributed by atoms with Crippen LogP contribution in [0.5, 0.6) is 5.75 Å². The zero-order valence-electron chi connectivity index (χ0n) is 18.8. The van der Waals surface area contributed by atoms with Crippen LogP contribution < -0.4 is 4.74 Å². The fourth-order valence-electron chi connectivity index (χ4n) is 3.86. The lowest BCUT2D eigenvalue weighted by molar-refractivity contribution is 0.301. The molecular formula is C28H25N5O. The molecule has 0 spiro atoms. The SMILES string of the molecule is C(=C\c1nn[nH]n1)/c1cccc(CCCc2ccc(OCc3ccc4ccccc4n3)cc2)c1. The molecule has 0 saturated heterocycles. The molecule has 0 saturated carbocycles. The smallest absolute Gasteiger partial charge is 0.197 e. The van der Waals surface area contributed by atoms with Crippen LogP contribution in [0.15, 0.2) is 84.9 Å². The molecule has 5 aromatic rings. The number of tetrazole rings is 1. The fourth-order valence-corrected chi connectivity index (χ4v) is 3.86. The Kier molecular flexibility index (Phi) is 6.67. The Bertz CT molecular complexity index is 1380. The normalized spacial score (nSPS) is 11.3. The van der Waals surface area contributed by atoms with Crippen LogP contribution in [-0.2, 0) is 19.4 Å². The third-order valence-electron chi connectivity index (χ3n) is 5.63. The number of rotatable bonds is 9. The second-order valence-electron chi connectivity index (χ2n) is 8.13. The van der Waals surface area contributed by atoms with Gasteiger partial charge in [-0.1, -0.05) is 66.7 Å². The maximum atomic E-state index is 5.95. The number of fused-ring (bicyclic) bond motifs is 1. The number of benzene rings is 3. The van der Waals surface area contributed by atoms with Gasteiger partial charge in [0, 0.05) is 5.39 Å². The molecule has 2 heterocycles. The highest BCUT2D eigenvalue weighted by Gasteiger charge is 2.02. The van der Waals surface area contributed by atoms with Crippen LogP contribution >= 0.6 is 0 Å². The first-order chi connectivity index (χ1) is 16.8. The number of nitrogens with zero attached hydrogens (tertiary/aromatic N) is 4. The fraction of sp³-hybridized carbons (Fsp3) is 0.143. The van der Waals surface area contributed by atoms with Gasteiger partial charge < -0.3 is 4.74 Å². The lowest BCUT2D eigenvalue weighted by Gasteiger charge is -2.08. The van der Waals surface area contributed by atoms with E-state index in [0.29, 0.717) is 12.4 Å². The summed E-state index contributed by atoms with van der Waals surface area (Å²) in [4.78, 5) is 4.67. The van der Waals surface area contributed by atoms with Crippen LogP contribution in [0, 0.1) is 0 Å². The maximum Gasteiger partial charge on any atom is 0.197 e. The number of aromatic amines is 1. The molecule has 0 aliphatic carbocycles. The van der Waals surface area contributed by atoms with Crippen LogP contribution in [0.1, 0.15) is 34.6 Å². The number of aromatic nitrogens is 5. The van der Waals surface area contributed by atoms with Gasteiger partial charge in [-0.15, -0.1) is 10.2 Å². The number of pyridine rings is 1. The van der Waals surface area contributed by atoms with E-state index in [0.717, 1.165) is 47.2 Å². The predicted molar refractivity (Wildman–Crippen MR) is 134 cm³/mol. The van der Waals surface area contributed by atoms with E-state index in [1.807, 2.05) is 48.6 Å². The molecule has 6 nitrogen and oxygen atoms in total. The molecule has 6 heteroatoms. The Hall–Kier alpha value is -4.32. The third kappa shape index (κ3) is 5.72. The summed E-state index contributed by atoms with van der Waals surface area (Å²) in [5.74, 6) is 1.44. The Labute approximate surface area is 198 Å². The lowest BCUT2D eigenvalue weighted by atomic mass is 10.0. The van der Waals surface area contributed by atoms with Crippen molar-refractivity contribution in [1.29, 1.82) is 0 Å². The predicted octanol–water partition coefficient (Wildman–Crippen LogP) is 5.67. The summed E-state index contributed by atoms with van der Waals surface area (Å²) < 4.78 is 5.95. The summed E-state index contributed by atoms with van der Waals surface area (Å²) in [5.41, 5.74) is 5.68. The van der Waals surface area contributed by atoms with Gasteiger partial charge in [-0.25, -0.2) is 4.98 Å². The Morgan fingerprint density at radius 2 is 1.68 bits per heavy atom. The van der Waals surface area contributed by atoms with Gasteiger partial charge in [0.25, 0.3) is 0 Å². The van der Waals surface area contributed by atoms with Crippen molar-refractivity contribution >= 4 is 23.1 Å². The average Bonchev–Trinajstić information content (AvgIpc) is 3.41. The molecule has 0 bridgehead atoms. The van der Waals surface area contributed by atoms with Crippen LogP contribution in [0.3, 0.4) is 0 Å². The van der Waals surface area contributed by atoms with Crippen molar-refractivity contribution in [3.05, 3.63) is 113 Å². The molecule has 2 aromatic heterocycles. The molecule has 1 N–H and O–H groups in total. The molecule has 0 amide bonds. The van der Waals surface area contributed by atoms with Crippen molar-refractivity contribution in [2.75, 3.05) is 0 Å². The zero-order valence-corrected chi connectivity index (χ0v) is 18.8. The first-order valence-corrected chi connectivity index (χ1v) is 11.4. The molecule has 0 aliphatic rings.